The van der Waals surface area contributed by atoms with E-state index in [2.05, 4.69) is 4.40 Å². The van der Waals surface area contributed by atoms with Crippen LogP contribution in [0.1, 0.15) is 15.9 Å². The molecule has 0 saturated heterocycles. The topological polar surface area (TPSA) is 93.0 Å². The lowest BCUT2D eigenvalue weighted by molar-refractivity contribution is 0.0697. The van der Waals surface area contributed by atoms with Crippen molar-refractivity contribution in [3.63, 3.8) is 0 Å². The van der Waals surface area contributed by atoms with Gasteiger partial charge in [0, 0.05) is 6.21 Å². The molecule has 0 saturated carbocycles. The fourth-order valence-electron chi connectivity index (χ4n) is 1.65. The monoisotopic (exact) mass is 319 g/mol. The molecule has 0 bridgehead atoms. The zero-order chi connectivity index (χ0) is 16.2. The predicted molar refractivity (Wildman–Crippen MR) is 81.2 cm³/mol. The number of ether oxygens (including phenoxy) is 1. The average molecular weight is 319 g/mol. The van der Waals surface area contributed by atoms with Crippen LogP contribution in [0.2, 0.25) is 0 Å². The van der Waals surface area contributed by atoms with Gasteiger partial charge in [-0.25, -0.2) is 4.79 Å². The molecule has 22 heavy (non-hydrogen) atoms. The van der Waals surface area contributed by atoms with Crippen molar-refractivity contribution in [2.45, 2.75) is 4.90 Å². The quantitative estimate of drug-likeness (QED) is 0.853. The van der Waals surface area contributed by atoms with Crippen LogP contribution in [0.3, 0.4) is 0 Å². The molecule has 0 aliphatic rings. The predicted octanol–water partition coefficient (Wildman–Crippen LogP) is 2.20. The standard InChI is InChI=1S/C15H13NO5S/c1-21-13-6-8-14(9-7-13)22(19,20)16-10-11-2-4-12(5-3-11)15(17)18/h2-10H,1H3,(H,17,18)/b16-10+. The van der Waals surface area contributed by atoms with Gasteiger partial charge in [-0.2, -0.15) is 12.8 Å². The third-order valence-corrected chi connectivity index (χ3v) is 4.11. The highest BCUT2D eigenvalue weighted by Gasteiger charge is 2.11. The zero-order valence-electron chi connectivity index (χ0n) is 11.6. The van der Waals surface area contributed by atoms with Gasteiger partial charge in [0.15, 0.2) is 0 Å². The van der Waals surface area contributed by atoms with Gasteiger partial charge in [0.1, 0.15) is 5.75 Å². The summed E-state index contributed by atoms with van der Waals surface area (Å²) in [6.45, 7) is 0. The van der Waals surface area contributed by atoms with Crippen molar-refractivity contribution in [1.82, 2.24) is 0 Å². The summed E-state index contributed by atoms with van der Waals surface area (Å²) in [5.74, 6) is -0.499. The summed E-state index contributed by atoms with van der Waals surface area (Å²) in [6, 6.07) is 11.6. The third-order valence-electron chi connectivity index (χ3n) is 2.86. The number of aromatic carboxylic acids is 1. The van der Waals surface area contributed by atoms with Crippen molar-refractivity contribution in [3.8, 4) is 5.75 Å². The van der Waals surface area contributed by atoms with Gasteiger partial charge in [-0.15, -0.1) is 0 Å². The third kappa shape index (κ3) is 3.70. The molecule has 2 aromatic carbocycles. The van der Waals surface area contributed by atoms with Gasteiger partial charge < -0.3 is 9.84 Å². The van der Waals surface area contributed by atoms with E-state index in [0.29, 0.717) is 11.3 Å². The first-order valence-electron chi connectivity index (χ1n) is 6.20. The first-order valence-corrected chi connectivity index (χ1v) is 7.64. The molecular weight excluding hydrogens is 306 g/mol. The van der Waals surface area contributed by atoms with Crippen molar-refractivity contribution in [3.05, 3.63) is 59.7 Å². The van der Waals surface area contributed by atoms with Crippen LogP contribution in [0.25, 0.3) is 0 Å². The lowest BCUT2D eigenvalue weighted by Gasteiger charge is -2.01. The van der Waals surface area contributed by atoms with Gasteiger partial charge in [0.2, 0.25) is 0 Å². The largest absolute Gasteiger partial charge is 0.497 e. The minimum atomic E-state index is -3.81. The second-order valence-corrected chi connectivity index (χ2v) is 5.94. The van der Waals surface area contributed by atoms with E-state index in [0.717, 1.165) is 0 Å². The van der Waals surface area contributed by atoms with Gasteiger partial charge in [-0.05, 0) is 42.0 Å². The van der Waals surface area contributed by atoms with E-state index in [1.807, 2.05) is 0 Å². The zero-order valence-corrected chi connectivity index (χ0v) is 12.4. The Balaban J connectivity index is 2.21. The number of hydrogen-bond donors (Lipinski definition) is 1. The van der Waals surface area contributed by atoms with Crippen LogP contribution in [-0.2, 0) is 10.0 Å². The summed E-state index contributed by atoms with van der Waals surface area (Å²) in [7, 11) is -2.32. The SMILES string of the molecule is COc1ccc(S(=O)(=O)/N=C/c2ccc(C(=O)O)cc2)cc1. The fourth-order valence-corrected chi connectivity index (χ4v) is 2.51. The summed E-state index contributed by atoms with van der Waals surface area (Å²) < 4.78 is 32.6. The minimum Gasteiger partial charge on any atom is -0.497 e. The van der Waals surface area contributed by atoms with E-state index in [1.54, 1.807) is 0 Å². The van der Waals surface area contributed by atoms with E-state index in [1.165, 1.54) is 61.9 Å². The van der Waals surface area contributed by atoms with Gasteiger partial charge in [-0.3, -0.25) is 0 Å². The van der Waals surface area contributed by atoms with Crippen LogP contribution >= 0.6 is 0 Å². The normalized spacial score (nSPS) is 11.5. The molecule has 0 aliphatic heterocycles. The summed E-state index contributed by atoms with van der Waals surface area (Å²) in [5, 5.41) is 8.79. The molecule has 114 valence electrons. The van der Waals surface area contributed by atoms with Crippen LogP contribution < -0.4 is 4.74 Å². The molecule has 0 aromatic heterocycles. The van der Waals surface area contributed by atoms with Crippen LogP contribution in [-0.4, -0.2) is 32.8 Å². The molecule has 2 rings (SSSR count). The Hall–Kier alpha value is -2.67. The molecule has 0 unspecified atom stereocenters. The Morgan fingerprint density at radius 2 is 1.68 bits per heavy atom. The summed E-state index contributed by atoms with van der Waals surface area (Å²) in [4.78, 5) is 10.8. The number of nitrogens with zero attached hydrogens (tertiary/aromatic N) is 1. The van der Waals surface area contributed by atoms with Crippen LogP contribution in [0.4, 0.5) is 0 Å². The lowest BCUT2D eigenvalue weighted by atomic mass is 10.1. The molecule has 0 fully saturated rings. The molecule has 7 heteroatoms. The number of carboxylic acid groups (broad SMARTS) is 1. The molecule has 1 N–H and O–H groups in total. The summed E-state index contributed by atoms with van der Waals surface area (Å²) in [6.07, 6.45) is 1.17. The average Bonchev–Trinajstić information content (AvgIpc) is 2.53. The summed E-state index contributed by atoms with van der Waals surface area (Å²) in [5.41, 5.74) is 0.609. The van der Waals surface area contributed by atoms with Gasteiger partial charge in [-0.1, -0.05) is 12.1 Å². The molecule has 0 amide bonds. The Morgan fingerprint density at radius 3 is 2.18 bits per heavy atom. The lowest BCUT2D eigenvalue weighted by Crippen LogP contribution is -1.99. The first-order chi connectivity index (χ1) is 10.4. The van der Waals surface area contributed by atoms with E-state index in [-0.39, 0.29) is 10.5 Å². The number of methoxy groups -OCH3 is 1. The van der Waals surface area contributed by atoms with Gasteiger partial charge in [0.25, 0.3) is 10.0 Å². The van der Waals surface area contributed by atoms with Crippen molar-refractivity contribution >= 4 is 22.2 Å². The smallest absolute Gasteiger partial charge is 0.335 e. The van der Waals surface area contributed by atoms with Crippen molar-refractivity contribution in [2.24, 2.45) is 4.40 Å². The molecule has 0 atom stereocenters. The summed E-state index contributed by atoms with van der Waals surface area (Å²) >= 11 is 0. The number of rotatable bonds is 5. The Labute approximate surface area is 127 Å². The van der Waals surface area contributed by atoms with E-state index in [9.17, 15) is 13.2 Å². The maximum absolute atomic E-state index is 12.0. The number of sulfonamides is 1. The van der Waals surface area contributed by atoms with Gasteiger partial charge in [0.05, 0.1) is 17.6 Å². The number of carbonyl (C=O) groups is 1. The Kier molecular flexibility index (Phi) is 4.57. The molecular formula is C15H13NO5S. The number of hydrogen-bond acceptors (Lipinski definition) is 4. The molecule has 2 aromatic rings. The first kappa shape index (κ1) is 15.7. The van der Waals surface area contributed by atoms with Crippen LogP contribution in [0, 0.1) is 0 Å². The van der Waals surface area contributed by atoms with Crippen LogP contribution in [0.5, 0.6) is 5.75 Å². The van der Waals surface area contributed by atoms with E-state index >= 15 is 0 Å². The number of benzene rings is 2. The van der Waals surface area contributed by atoms with E-state index < -0.39 is 16.0 Å². The molecule has 0 spiro atoms. The highest BCUT2D eigenvalue weighted by Crippen LogP contribution is 2.17. The second-order valence-electron chi connectivity index (χ2n) is 4.31. The highest BCUT2D eigenvalue weighted by molar-refractivity contribution is 7.90. The van der Waals surface area contributed by atoms with Crippen molar-refractivity contribution in [1.29, 1.82) is 0 Å². The molecule has 0 heterocycles. The van der Waals surface area contributed by atoms with E-state index in [4.69, 9.17) is 9.84 Å². The number of carboxylic acids is 1. The molecule has 0 aliphatic carbocycles. The van der Waals surface area contributed by atoms with Crippen LogP contribution in [0.15, 0.2) is 57.8 Å². The highest BCUT2D eigenvalue weighted by atomic mass is 32.2. The fraction of sp³-hybridized carbons (Fsp3) is 0.0667. The van der Waals surface area contributed by atoms with Gasteiger partial charge >= 0.3 is 5.97 Å². The van der Waals surface area contributed by atoms with Crippen molar-refractivity contribution < 1.29 is 23.1 Å². The second kappa shape index (κ2) is 6.40. The maximum atomic E-state index is 12.0. The molecule has 6 nitrogen and oxygen atoms in total. The Morgan fingerprint density at radius 1 is 1.09 bits per heavy atom. The maximum Gasteiger partial charge on any atom is 0.335 e. The Bertz CT molecular complexity index is 793. The minimum absolute atomic E-state index is 0.0479. The van der Waals surface area contributed by atoms with Crippen molar-refractivity contribution in [2.75, 3.05) is 7.11 Å². The molecule has 0 radical (unpaired) electrons.